The van der Waals surface area contributed by atoms with Crippen LogP contribution in [0.5, 0.6) is 0 Å². The summed E-state index contributed by atoms with van der Waals surface area (Å²) < 4.78 is 14.2. The molecule has 4 nitrogen and oxygen atoms in total. The van der Waals surface area contributed by atoms with Crippen molar-refractivity contribution in [3.63, 3.8) is 0 Å². The molecule has 0 aliphatic heterocycles. The van der Waals surface area contributed by atoms with Crippen molar-refractivity contribution in [3.05, 3.63) is 29.6 Å². The number of carbonyl (C=O) groups excluding carboxylic acids is 1. The average molecular weight is 279 g/mol. The van der Waals surface area contributed by atoms with Crippen LogP contribution in [-0.2, 0) is 11.3 Å². The first-order valence-corrected chi connectivity index (χ1v) is 7.12. The van der Waals surface area contributed by atoms with Gasteiger partial charge in [-0.25, -0.2) is 4.39 Å². The topological polar surface area (TPSA) is 44.4 Å². The van der Waals surface area contributed by atoms with E-state index in [1.807, 2.05) is 13.0 Å². The number of benzene rings is 1. The maximum atomic E-state index is 14.2. The number of carbonyl (C=O) groups is 1. The standard InChI is InChI=1S/C15H22FN3O/c1-3-19(10-14(20)17-2)15-11(5-4-6-13(15)16)9-18-12-7-8-12/h4-6,12,18H,3,7-10H2,1-2H3,(H,17,20). The lowest BCUT2D eigenvalue weighted by atomic mass is 10.1. The molecule has 2 N–H and O–H groups in total. The molecule has 1 aromatic carbocycles. The lowest BCUT2D eigenvalue weighted by molar-refractivity contribution is -0.119. The second-order valence-corrected chi connectivity index (χ2v) is 5.09. The summed E-state index contributed by atoms with van der Waals surface area (Å²) >= 11 is 0. The van der Waals surface area contributed by atoms with Crippen LogP contribution >= 0.6 is 0 Å². The number of likely N-dealkylation sites (N-methyl/N-ethyl adjacent to an activating group) is 2. The highest BCUT2D eigenvalue weighted by molar-refractivity contribution is 5.81. The van der Waals surface area contributed by atoms with E-state index in [4.69, 9.17) is 0 Å². The lowest BCUT2D eigenvalue weighted by Gasteiger charge is -2.25. The molecule has 1 saturated carbocycles. The Balaban J connectivity index is 2.18. The summed E-state index contributed by atoms with van der Waals surface area (Å²) in [5.74, 6) is -0.387. The van der Waals surface area contributed by atoms with Crippen LogP contribution in [0.2, 0.25) is 0 Å². The molecule has 0 aromatic heterocycles. The van der Waals surface area contributed by atoms with Crippen molar-refractivity contribution in [2.45, 2.75) is 32.4 Å². The van der Waals surface area contributed by atoms with E-state index in [0.29, 0.717) is 24.8 Å². The van der Waals surface area contributed by atoms with E-state index in [1.54, 1.807) is 18.0 Å². The van der Waals surface area contributed by atoms with E-state index in [-0.39, 0.29) is 18.3 Å². The third-order valence-corrected chi connectivity index (χ3v) is 3.54. The Hall–Kier alpha value is -1.62. The molecular formula is C15H22FN3O. The largest absolute Gasteiger partial charge is 0.360 e. The van der Waals surface area contributed by atoms with Crippen LogP contribution in [0.4, 0.5) is 10.1 Å². The lowest BCUT2D eigenvalue weighted by Crippen LogP contribution is -2.36. The summed E-state index contributed by atoms with van der Waals surface area (Å²) in [7, 11) is 1.59. The minimum Gasteiger partial charge on any atom is -0.360 e. The van der Waals surface area contributed by atoms with Gasteiger partial charge < -0.3 is 15.5 Å². The number of anilines is 1. The highest BCUT2D eigenvalue weighted by Gasteiger charge is 2.22. The second-order valence-electron chi connectivity index (χ2n) is 5.09. The summed E-state index contributed by atoms with van der Waals surface area (Å²) in [6.45, 7) is 3.32. The Labute approximate surface area is 119 Å². The average Bonchev–Trinajstić information content (AvgIpc) is 3.27. The molecule has 0 spiro atoms. The quantitative estimate of drug-likeness (QED) is 0.797. The first-order chi connectivity index (χ1) is 9.65. The van der Waals surface area contributed by atoms with Crippen LogP contribution in [0.25, 0.3) is 0 Å². The molecular weight excluding hydrogens is 257 g/mol. The van der Waals surface area contributed by atoms with Crippen LogP contribution in [0.1, 0.15) is 25.3 Å². The summed E-state index contributed by atoms with van der Waals surface area (Å²) in [4.78, 5) is 13.3. The summed E-state index contributed by atoms with van der Waals surface area (Å²) in [5.41, 5.74) is 1.44. The molecule has 110 valence electrons. The zero-order valence-electron chi connectivity index (χ0n) is 12.1. The van der Waals surface area contributed by atoms with E-state index < -0.39 is 0 Å². The Bertz CT molecular complexity index is 474. The Morgan fingerprint density at radius 3 is 2.80 bits per heavy atom. The fourth-order valence-corrected chi connectivity index (χ4v) is 2.20. The van der Waals surface area contributed by atoms with Gasteiger partial charge in [-0.1, -0.05) is 12.1 Å². The zero-order valence-corrected chi connectivity index (χ0v) is 12.1. The molecule has 0 unspecified atom stereocenters. The Kier molecular flexibility index (Phi) is 4.95. The maximum absolute atomic E-state index is 14.2. The van der Waals surface area contributed by atoms with Crippen molar-refractivity contribution in [2.24, 2.45) is 0 Å². The summed E-state index contributed by atoms with van der Waals surface area (Å²) in [6, 6.07) is 5.65. The SMILES string of the molecule is CCN(CC(=O)NC)c1c(F)cccc1CNC1CC1. The van der Waals surface area contributed by atoms with Gasteiger partial charge >= 0.3 is 0 Å². The number of para-hydroxylation sites is 1. The Morgan fingerprint density at radius 1 is 1.45 bits per heavy atom. The van der Waals surface area contributed by atoms with E-state index in [1.165, 1.54) is 18.9 Å². The van der Waals surface area contributed by atoms with Gasteiger partial charge in [0.05, 0.1) is 12.2 Å². The van der Waals surface area contributed by atoms with Gasteiger partial charge in [0.25, 0.3) is 0 Å². The predicted molar refractivity (Wildman–Crippen MR) is 78.2 cm³/mol. The molecule has 1 aromatic rings. The molecule has 5 heteroatoms. The highest BCUT2D eigenvalue weighted by atomic mass is 19.1. The van der Waals surface area contributed by atoms with Gasteiger partial charge in [-0.2, -0.15) is 0 Å². The smallest absolute Gasteiger partial charge is 0.239 e. The van der Waals surface area contributed by atoms with Crippen LogP contribution in [0.15, 0.2) is 18.2 Å². The third-order valence-electron chi connectivity index (χ3n) is 3.54. The minimum atomic E-state index is -0.272. The fourth-order valence-electron chi connectivity index (χ4n) is 2.20. The monoisotopic (exact) mass is 279 g/mol. The zero-order chi connectivity index (χ0) is 14.5. The van der Waals surface area contributed by atoms with Crippen LogP contribution < -0.4 is 15.5 Å². The third kappa shape index (κ3) is 3.70. The molecule has 20 heavy (non-hydrogen) atoms. The first-order valence-electron chi connectivity index (χ1n) is 7.12. The summed E-state index contributed by atoms with van der Waals surface area (Å²) in [5, 5.41) is 5.97. The number of halogens is 1. The number of nitrogens with zero attached hydrogens (tertiary/aromatic N) is 1. The molecule has 1 aliphatic rings. The summed E-state index contributed by atoms with van der Waals surface area (Å²) in [6.07, 6.45) is 2.39. The van der Waals surface area contributed by atoms with Crippen molar-refractivity contribution >= 4 is 11.6 Å². The minimum absolute atomic E-state index is 0.115. The van der Waals surface area contributed by atoms with E-state index in [0.717, 1.165) is 5.56 Å². The molecule has 0 heterocycles. The molecule has 1 fully saturated rings. The predicted octanol–water partition coefficient (Wildman–Crippen LogP) is 1.65. The first kappa shape index (κ1) is 14.8. The van der Waals surface area contributed by atoms with Crippen molar-refractivity contribution in [1.82, 2.24) is 10.6 Å². The molecule has 0 atom stereocenters. The normalized spacial score (nSPS) is 14.2. The maximum Gasteiger partial charge on any atom is 0.239 e. The van der Waals surface area contributed by atoms with Crippen LogP contribution in [0, 0.1) is 5.82 Å². The molecule has 2 rings (SSSR count). The number of nitrogens with one attached hydrogen (secondary N) is 2. The van der Waals surface area contributed by atoms with Gasteiger partial charge in [0.2, 0.25) is 5.91 Å². The van der Waals surface area contributed by atoms with E-state index in [9.17, 15) is 9.18 Å². The van der Waals surface area contributed by atoms with Gasteiger partial charge in [-0.3, -0.25) is 4.79 Å². The molecule has 1 amide bonds. The van der Waals surface area contributed by atoms with E-state index >= 15 is 0 Å². The van der Waals surface area contributed by atoms with Gasteiger partial charge in [-0.15, -0.1) is 0 Å². The number of rotatable bonds is 7. The molecule has 0 saturated heterocycles. The molecule has 0 radical (unpaired) electrons. The molecule has 1 aliphatic carbocycles. The highest BCUT2D eigenvalue weighted by Crippen LogP contribution is 2.26. The van der Waals surface area contributed by atoms with Crippen LogP contribution in [-0.4, -0.2) is 32.1 Å². The van der Waals surface area contributed by atoms with Gasteiger partial charge in [0.1, 0.15) is 5.82 Å². The number of hydrogen-bond donors (Lipinski definition) is 2. The van der Waals surface area contributed by atoms with Gasteiger partial charge in [-0.05, 0) is 31.4 Å². The molecule has 0 bridgehead atoms. The number of hydrogen-bond acceptors (Lipinski definition) is 3. The van der Waals surface area contributed by atoms with Crippen molar-refractivity contribution in [2.75, 3.05) is 25.0 Å². The number of amides is 1. The fraction of sp³-hybridized carbons (Fsp3) is 0.533. The van der Waals surface area contributed by atoms with Gasteiger partial charge in [0.15, 0.2) is 0 Å². The van der Waals surface area contributed by atoms with Crippen molar-refractivity contribution in [1.29, 1.82) is 0 Å². The van der Waals surface area contributed by atoms with Crippen LogP contribution in [0.3, 0.4) is 0 Å². The second kappa shape index (κ2) is 6.70. The van der Waals surface area contributed by atoms with Crippen molar-refractivity contribution in [3.8, 4) is 0 Å². The van der Waals surface area contributed by atoms with Crippen molar-refractivity contribution < 1.29 is 9.18 Å². The van der Waals surface area contributed by atoms with E-state index in [2.05, 4.69) is 10.6 Å². The Morgan fingerprint density at radius 2 is 2.20 bits per heavy atom. The van der Waals surface area contributed by atoms with Gasteiger partial charge in [0, 0.05) is 26.2 Å².